The van der Waals surface area contributed by atoms with Crippen LogP contribution in [-0.2, 0) is 0 Å². The summed E-state index contributed by atoms with van der Waals surface area (Å²) in [5, 5.41) is 17.8. The fourth-order valence-corrected chi connectivity index (χ4v) is 3.97. The molecule has 32 heavy (non-hydrogen) atoms. The molecule has 0 unspecified atom stereocenters. The Kier molecular flexibility index (Phi) is 5.52. The number of benzene rings is 4. The van der Waals surface area contributed by atoms with Gasteiger partial charge in [0.1, 0.15) is 23.2 Å². The number of rotatable bonds is 6. The Morgan fingerprint density at radius 2 is 0.969 bits per heavy atom. The molecule has 4 rings (SSSR count). The van der Waals surface area contributed by atoms with Crippen molar-refractivity contribution in [2.45, 2.75) is 0 Å². The van der Waals surface area contributed by atoms with Gasteiger partial charge < -0.3 is 20.9 Å². The van der Waals surface area contributed by atoms with Crippen molar-refractivity contribution in [3.63, 3.8) is 0 Å². The van der Waals surface area contributed by atoms with E-state index in [-0.39, 0.29) is 11.7 Å². The van der Waals surface area contributed by atoms with Gasteiger partial charge in [0, 0.05) is 22.3 Å². The van der Waals surface area contributed by atoms with Gasteiger partial charge in [0.05, 0.1) is 14.2 Å². The second-order valence-corrected chi connectivity index (χ2v) is 7.37. The van der Waals surface area contributed by atoms with Gasteiger partial charge in [0.2, 0.25) is 0 Å². The second-order valence-electron chi connectivity index (χ2n) is 7.37. The molecule has 0 aliphatic rings. The Morgan fingerprint density at radius 3 is 1.34 bits per heavy atom. The Morgan fingerprint density at radius 1 is 0.594 bits per heavy atom. The average molecular weight is 425 g/mol. The molecular formula is C26H24N4O2. The summed E-state index contributed by atoms with van der Waals surface area (Å²) >= 11 is 0. The maximum atomic E-state index is 7.97. The summed E-state index contributed by atoms with van der Waals surface area (Å²) in [4.78, 5) is 0. The highest BCUT2D eigenvalue weighted by Gasteiger charge is 2.17. The van der Waals surface area contributed by atoms with Gasteiger partial charge in [-0.05, 0) is 46.2 Å². The first-order valence-corrected chi connectivity index (χ1v) is 10.0. The molecule has 0 fully saturated rings. The highest BCUT2D eigenvalue weighted by Crippen LogP contribution is 2.41. The Bertz CT molecular complexity index is 1260. The molecule has 4 aromatic carbocycles. The lowest BCUT2D eigenvalue weighted by Crippen LogP contribution is -2.12. The molecule has 0 radical (unpaired) electrons. The molecule has 0 bridgehead atoms. The van der Waals surface area contributed by atoms with E-state index < -0.39 is 0 Å². The van der Waals surface area contributed by atoms with Crippen LogP contribution in [0.15, 0.2) is 72.8 Å². The quantitative estimate of drug-likeness (QED) is 0.264. The van der Waals surface area contributed by atoms with Gasteiger partial charge >= 0.3 is 0 Å². The van der Waals surface area contributed by atoms with Gasteiger partial charge in [-0.3, -0.25) is 10.8 Å². The minimum atomic E-state index is -0.00597. The van der Waals surface area contributed by atoms with Crippen molar-refractivity contribution in [2.24, 2.45) is 11.5 Å². The number of nitrogen functional groups attached to an aromatic ring is 2. The standard InChI is InChI=1S/C26H24N4O2/c1-31-23-13-16-14-24(32-2)22(18-8-4-6-10-20(18)26(29)30)12-15(16)11-21(23)17-7-3-5-9-19(17)25(27)28/h3-14H,1-2H3,(H3,27,28)(H3,29,30). The Hall–Kier alpha value is -4.32. The highest BCUT2D eigenvalue weighted by molar-refractivity contribution is 6.06. The van der Waals surface area contributed by atoms with Crippen LogP contribution >= 0.6 is 0 Å². The second kappa shape index (κ2) is 8.43. The third kappa shape index (κ3) is 3.63. The zero-order chi connectivity index (χ0) is 22.8. The van der Waals surface area contributed by atoms with Crippen LogP contribution in [0.1, 0.15) is 11.1 Å². The zero-order valence-corrected chi connectivity index (χ0v) is 17.9. The molecule has 0 saturated carbocycles. The summed E-state index contributed by atoms with van der Waals surface area (Å²) in [6, 6.07) is 23.0. The lowest BCUT2D eigenvalue weighted by atomic mass is 9.92. The monoisotopic (exact) mass is 424 g/mol. The van der Waals surface area contributed by atoms with Gasteiger partial charge in [0.15, 0.2) is 0 Å². The topological polar surface area (TPSA) is 118 Å². The molecule has 4 aromatic rings. The van der Waals surface area contributed by atoms with Crippen molar-refractivity contribution in [3.8, 4) is 33.8 Å². The molecule has 0 amide bonds. The summed E-state index contributed by atoms with van der Waals surface area (Å²) in [5.74, 6) is 1.33. The van der Waals surface area contributed by atoms with Crippen molar-refractivity contribution < 1.29 is 9.47 Å². The van der Waals surface area contributed by atoms with E-state index in [1.807, 2.05) is 72.8 Å². The lowest BCUT2D eigenvalue weighted by Gasteiger charge is -2.17. The largest absolute Gasteiger partial charge is 0.496 e. The number of fused-ring (bicyclic) bond motifs is 1. The summed E-state index contributed by atoms with van der Waals surface area (Å²) < 4.78 is 11.4. The van der Waals surface area contributed by atoms with Gasteiger partial charge in [-0.2, -0.15) is 0 Å². The van der Waals surface area contributed by atoms with Crippen LogP contribution < -0.4 is 20.9 Å². The number of nitrogens with one attached hydrogen (secondary N) is 2. The molecule has 0 aromatic heterocycles. The molecule has 160 valence electrons. The zero-order valence-electron chi connectivity index (χ0n) is 17.9. The number of methoxy groups -OCH3 is 2. The molecule has 6 nitrogen and oxygen atoms in total. The van der Waals surface area contributed by atoms with Crippen molar-refractivity contribution in [1.82, 2.24) is 0 Å². The van der Waals surface area contributed by atoms with E-state index in [4.69, 9.17) is 31.8 Å². The highest BCUT2D eigenvalue weighted by atomic mass is 16.5. The maximum absolute atomic E-state index is 7.97. The van der Waals surface area contributed by atoms with Gasteiger partial charge in [-0.25, -0.2) is 0 Å². The van der Waals surface area contributed by atoms with Gasteiger partial charge in [-0.1, -0.05) is 48.5 Å². The van der Waals surface area contributed by atoms with E-state index in [0.717, 1.165) is 33.0 Å². The minimum Gasteiger partial charge on any atom is -0.496 e. The number of hydrogen-bond acceptors (Lipinski definition) is 4. The maximum Gasteiger partial charge on any atom is 0.127 e. The van der Waals surface area contributed by atoms with Crippen LogP contribution in [0.4, 0.5) is 0 Å². The first-order chi connectivity index (χ1) is 15.4. The third-order valence-electron chi connectivity index (χ3n) is 5.49. The molecule has 0 saturated heterocycles. The fraction of sp³-hybridized carbons (Fsp3) is 0.0769. The number of amidine groups is 2. The number of ether oxygens (including phenoxy) is 2. The summed E-state index contributed by atoms with van der Waals surface area (Å²) in [6.07, 6.45) is 0. The van der Waals surface area contributed by atoms with Crippen molar-refractivity contribution >= 4 is 22.4 Å². The SMILES string of the molecule is COc1cc2cc(OC)c(-c3ccccc3C(=N)N)cc2cc1-c1ccccc1C(=N)N. The van der Waals surface area contributed by atoms with E-state index in [2.05, 4.69) is 0 Å². The lowest BCUT2D eigenvalue weighted by molar-refractivity contribution is 0.415. The number of hydrogen-bond donors (Lipinski definition) is 4. The molecule has 0 atom stereocenters. The Labute approximate surface area is 186 Å². The van der Waals surface area contributed by atoms with E-state index in [1.165, 1.54) is 0 Å². The van der Waals surface area contributed by atoms with Crippen LogP contribution in [0, 0.1) is 10.8 Å². The number of nitrogens with two attached hydrogens (primary N) is 2. The average Bonchev–Trinajstić information content (AvgIpc) is 2.82. The van der Waals surface area contributed by atoms with E-state index in [1.54, 1.807) is 14.2 Å². The van der Waals surface area contributed by atoms with Crippen molar-refractivity contribution in [1.29, 1.82) is 10.8 Å². The molecule has 6 heteroatoms. The van der Waals surface area contributed by atoms with Crippen LogP contribution in [-0.4, -0.2) is 25.9 Å². The minimum absolute atomic E-state index is 0.00597. The predicted molar refractivity (Wildman–Crippen MR) is 130 cm³/mol. The molecule has 0 spiro atoms. The smallest absolute Gasteiger partial charge is 0.127 e. The third-order valence-corrected chi connectivity index (χ3v) is 5.49. The molecule has 6 N–H and O–H groups in total. The van der Waals surface area contributed by atoms with Crippen LogP contribution in [0.2, 0.25) is 0 Å². The first kappa shape index (κ1) is 20.9. The Balaban J connectivity index is 2.02. The van der Waals surface area contributed by atoms with Crippen molar-refractivity contribution in [3.05, 3.63) is 83.9 Å². The fourth-order valence-electron chi connectivity index (χ4n) is 3.97. The summed E-state index contributed by atoms with van der Waals surface area (Å²) in [5.41, 5.74) is 16.3. The van der Waals surface area contributed by atoms with Gasteiger partial charge in [0.25, 0.3) is 0 Å². The molecule has 0 aliphatic heterocycles. The first-order valence-electron chi connectivity index (χ1n) is 10.0. The van der Waals surface area contributed by atoms with E-state index in [9.17, 15) is 0 Å². The normalized spacial score (nSPS) is 10.7. The molecular weight excluding hydrogens is 400 g/mol. The summed E-state index contributed by atoms with van der Waals surface area (Å²) in [7, 11) is 3.24. The van der Waals surface area contributed by atoms with E-state index in [0.29, 0.717) is 22.6 Å². The summed E-state index contributed by atoms with van der Waals surface area (Å²) in [6.45, 7) is 0. The predicted octanol–water partition coefficient (Wildman–Crippen LogP) is 4.76. The molecule has 0 aliphatic carbocycles. The van der Waals surface area contributed by atoms with Gasteiger partial charge in [-0.15, -0.1) is 0 Å². The van der Waals surface area contributed by atoms with Crippen molar-refractivity contribution in [2.75, 3.05) is 14.2 Å². The van der Waals surface area contributed by atoms with Crippen LogP contribution in [0.3, 0.4) is 0 Å². The molecule has 0 heterocycles. The van der Waals surface area contributed by atoms with Crippen LogP contribution in [0.5, 0.6) is 11.5 Å². The van der Waals surface area contributed by atoms with Crippen LogP contribution in [0.25, 0.3) is 33.0 Å². The van der Waals surface area contributed by atoms with E-state index >= 15 is 0 Å².